The fraction of sp³-hybridized carbons (Fsp3) is 0.526. The predicted molar refractivity (Wildman–Crippen MR) is 111 cm³/mol. The standard InChI is InChI=1S/C19H28N4O6S/c1-18(2,3)29-17(25)23(26)19(4)15(20-22(7)16(19)24)12-9-10-14(30(8,27)28)13(11-12)21(5)6/h9-11,26H,1-8H3. The zero-order valence-corrected chi connectivity index (χ0v) is 19.2. The quantitative estimate of drug-likeness (QED) is 0.559. The monoisotopic (exact) mass is 440 g/mol. The largest absolute Gasteiger partial charge is 0.442 e. The molecule has 11 heteroatoms. The summed E-state index contributed by atoms with van der Waals surface area (Å²) in [5.74, 6) is -0.649. The number of hydrazone groups is 1. The molecule has 10 nitrogen and oxygen atoms in total. The molecule has 1 atom stereocenters. The number of hydroxylamine groups is 2. The van der Waals surface area contributed by atoms with E-state index in [0.717, 1.165) is 11.3 Å². The SMILES string of the molecule is CN1N=C(c2ccc(S(C)(=O)=O)c(N(C)C)c2)C(C)(N(O)C(=O)OC(C)(C)C)C1=O. The molecule has 0 spiro atoms. The Hall–Kier alpha value is -2.66. The Morgan fingerprint density at radius 1 is 1.27 bits per heavy atom. The van der Waals surface area contributed by atoms with E-state index in [1.54, 1.807) is 45.8 Å². The van der Waals surface area contributed by atoms with Gasteiger partial charge < -0.3 is 9.64 Å². The molecule has 2 amide bonds. The van der Waals surface area contributed by atoms with Crippen molar-refractivity contribution in [3.05, 3.63) is 23.8 Å². The number of carbonyl (C=O) groups is 2. The lowest BCUT2D eigenvalue weighted by Crippen LogP contribution is -2.59. The van der Waals surface area contributed by atoms with E-state index < -0.39 is 33.0 Å². The summed E-state index contributed by atoms with van der Waals surface area (Å²) in [6.07, 6.45) is -0.0106. The Bertz CT molecular complexity index is 1010. The lowest BCUT2D eigenvalue weighted by Gasteiger charge is -2.33. The van der Waals surface area contributed by atoms with Crippen LogP contribution < -0.4 is 4.90 Å². The Balaban J connectivity index is 2.62. The first kappa shape index (κ1) is 23.6. The maximum atomic E-state index is 12.9. The number of hydrogen-bond acceptors (Lipinski definition) is 8. The molecule has 1 aliphatic heterocycles. The Kier molecular flexibility index (Phi) is 5.94. The number of hydrogen-bond donors (Lipinski definition) is 1. The number of rotatable bonds is 4. The third-order valence-electron chi connectivity index (χ3n) is 4.53. The van der Waals surface area contributed by atoms with Crippen LogP contribution in [0.2, 0.25) is 0 Å². The molecular weight excluding hydrogens is 412 g/mol. The van der Waals surface area contributed by atoms with Crippen molar-refractivity contribution in [2.75, 3.05) is 32.3 Å². The van der Waals surface area contributed by atoms with Gasteiger partial charge in [-0.3, -0.25) is 10.0 Å². The number of anilines is 1. The van der Waals surface area contributed by atoms with Crippen LogP contribution in [-0.2, 0) is 19.4 Å². The number of likely N-dealkylation sites (N-methyl/N-ethyl adjacent to an activating group) is 1. The van der Waals surface area contributed by atoms with Crippen LogP contribution in [0.4, 0.5) is 10.5 Å². The van der Waals surface area contributed by atoms with Crippen LogP contribution in [0, 0.1) is 0 Å². The molecule has 0 bridgehead atoms. The molecule has 0 aromatic heterocycles. The summed E-state index contributed by atoms with van der Waals surface area (Å²) in [6.45, 7) is 6.24. The van der Waals surface area contributed by atoms with Gasteiger partial charge >= 0.3 is 6.09 Å². The zero-order chi connectivity index (χ0) is 23.2. The van der Waals surface area contributed by atoms with Gasteiger partial charge in [-0.05, 0) is 39.8 Å². The second-order valence-corrected chi connectivity index (χ2v) is 10.5. The third-order valence-corrected chi connectivity index (χ3v) is 5.67. The van der Waals surface area contributed by atoms with Gasteiger partial charge in [-0.2, -0.15) is 10.2 Å². The average Bonchev–Trinajstić information content (AvgIpc) is 2.83. The van der Waals surface area contributed by atoms with E-state index in [1.165, 1.54) is 26.1 Å². The number of carbonyl (C=O) groups excluding carboxylic acids is 2. The van der Waals surface area contributed by atoms with Gasteiger partial charge in [0.15, 0.2) is 15.4 Å². The normalized spacial score (nSPS) is 19.6. The van der Waals surface area contributed by atoms with Crippen molar-refractivity contribution >= 4 is 33.2 Å². The van der Waals surface area contributed by atoms with Crippen LogP contribution in [0.5, 0.6) is 0 Å². The molecule has 166 valence electrons. The lowest BCUT2D eigenvalue weighted by molar-refractivity contribution is -0.161. The number of benzene rings is 1. The van der Waals surface area contributed by atoms with E-state index in [-0.39, 0.29) is 15.7 Å². The fourth-order valence-electron chi connectivity index (χ4n) is 3.05. The van der Waals surface area contributed by atoms with Gasteiger partial charge in [0.25, 0.3) is 5.91 Å². The van der Waals surface area contributed by atoms with Crippen LogP contribution in [0.15, 0.2) is 28.2 Å². The van der Waals surface area contributed by atoms with E-state index >= 15 is 0 Å². The molecule has 1 aromatic rings. The van der Waals surface area contributed by atoms with E-state index in [9.17, 15) is 23.2 Å². The van der Waals surface area contributed by atoms with Gasteiger partial charge in [-0.15, -0.1) is 0 Å². The predicted octanol–water partition coefficient (Wildman–Crippen LogP) is 1.72. The van der Waals surface area contributed by atoms with Crippen LogP contribution in [0.3, 0.4) is 0 Å². The molecule has 1 unspecified atom stereocenters. The molecule has 0 radical (unpaired) electrons. The first-order chi connectivity index (χ1) is 13.5. The highest BCUT2D eigenvalue weighted by atomic mass is 32.2. The van der Waals surface area contributed by atoms with Crippen LogP contribution in [-0.4, -0.2) is 79.9 Å². The fourth-order valence-corrected chi connectivity index (χ4v) is 3.99. The van der Waals surface area contributed by atoms with Gasteiger partial charge in [0.2, 0.25) is 0 Å². The van der Waals surface area contributed by atoms with Crippen molar-refractivity contribution in [1.29, 1.82) is 0 Å². The molecular formula is C19H28N4O6S. The number of ether oxygens (including phenoxy) is 1. The van der Waals surface area contributed by atoms with Gasteiger partial charge in [-0.25, -0.2) is 18.2 Å². The summed E-state index contributed by atoms with van der Waals surface area (Å²) in [5.41, 5.74) is -1.94. The summed E-state index contributed by atoms with van der Waals surface area (Å²) in [6, 6.07) is 4.43. The minimum Gasteiger partial charge on any atom is -0.442 e. The second-order valence-electron chi connectivity index (χ2n) is 8.49. The number of nitrogens with zero attached hydrogens (tertiary/aromatic N) is 4. The second kappa shape index (κ2) is 7.55. The van der Waals surface area contributed by atoms with E-state index in [1.807, 2.05) is 0 Å². The van der Waals surface area contributed by atoms with Gasteiger partial charge in [-0.1, -0.05) is 6.07 Å². The van der Waals surface area contributed by atoms with Crippen LogP contribution in [0.1, 0.15) is 33.3 Å². The highest BCUT2D eigenvalue weighted by Gasteiger charge is 2.54. The van der Waals surface area contributed by atoms with Gasteiger partial charge in [0.1, 0.15) is 11.3 Å². The molecule has 1 heterocycles. The third kappa shape index (κ3) is 4.26. The summed E-state index contributed by atoms with van der Waals surface area (Å²) in [7, 11) is 1.25. The molecule has 0 fully saturated rings. The topological polar surface area (TPSA) is 120 Å². The molecule has 0 saturated heterocycles. The van der Waals surface area contributed by atoms with Crippen molar-refractivity contribution < 1.29 is 28.0 Å². The minimum atomic E-state index is -3.51. The Morgan fingerprint density at radius 3 is 2.30 bits per heavy atom. The average molecular weight is 441 g/mol. The summed E-state index contributed by atoms with van der Waals surface area (Å²) < 4.78 is 29.4. The molecule has 2 rings (SSSR count). The number of sulfone groups is 1. The Labute approximate surface area is 176 Å². The molecule has 0 saturated carbocycles. The van der Waals surface area contributed by atoms with Crippen molar-refractivity contribution in [3.8, 4) is 0 Å². The van der Waals surface area contributed by atoms with Crippen molar-refractivity contribution in [2.45, 2.75) is 43.7 Å². The van der Waals surface area contributed by atoms with E-state index in [0.29, 0.717) is 11.3 Å². The Morgan fingerprint density at radius 2 is 1.83 bits per heavy atom. The highest BCUT2D eigenvalue weighted by Crippen LogP contribution is 2.33. The molecule has 1 N–H and O–H groups in total. The maximum absolute atomic E-state index is 12.9. The maximum Gasteiger partial charge on any atom is 0.435 e. The first-order valence-corrected chi connectivity index (χ1v) is 11.0. The van der Waals surface area contributed by atoms with Crippen LogP contribution in [0.25, 0.3) is 0 Å². The van der Waals surface area contributed by atoms with Crippen molar-refractivity contribution in [2.24, 2.45) is 5.10 Å². The molecule has 1 aromatic carbocycles. The molecule has 0 aliphatic carbocycles. The lowest BCUT2D eigenvalue weighted by atomic mass is 9.89. The summed E-state index contributed by atoms with van der Waals surface area (Å²) >= 11 is 0. The van der Waals surface area contributed by atoms with Crippen molar-refractivity contribution in [3.63, 3.8) is 0 Å². The molecule has 1 aliphatic rings. The van der Waals surface area contributed by atoms with Gasteiger partial charge in [0, 0.05) is 33.0 Å². The van der Waals surface area contributed by atoms with E-state index in [4.69, 9.17) is 4.74 Å². The van der Waals surface area contributed by atoms with Gasteiger partial charge in [0.05, 0.1) is 10.6 Å². The zero-order valence-electron chi connectivity index (χ0n) is 18.4. The first-order valence-electron chi connectivity index (χ1n) is 9.11. The van der Waals surface area contributed by atoms with Crippen LogP contribution >= 0.6 is 0 Å². The number of amides is 2. The van der Waals surface area contributed by atoms with Crippen molar-refractivity contribution in [1.82, 2.24) is 10.1 Å². The minimum absolute atomic E-state index is 0.0755. The smallest absolute Gasteiger partial charge is 0.435 e. The summed E-state index contributed by atoms with van der Waals surface area (Å²) in [5, 5.41) is 16.1. The highest BCUT2D eigenvalue weighted by molar-refractivity contribution is 7.90. The summed E-state index contributed by atoms with van der Waals surface area (Å²) in [4.78, 5) is 27.1. The molecule has 30 heavy (non-hydrogen) atoms. The van der Waals surface area contributed by atoms with E-state index in [2.05, 4.69) is 5.10 Å².